The van der Waals surface area contributed by atoms with Crippen LogP contribution in [0.15, 0.2) is 0 Å². The maximum Gasteiger partial charge on any atom is 0.0602 e. The molecule has 38 heavy (non-hydrogen) atoms. The zero-order valence-electron chi connectivity index (χ0n) is 29.9. The van der Waals surface area contributed by atoms with Gasteiger partial charge < -0.3 is 23.7 Å². The molecular formula is C33H74O5. The van der Waals surface area contributed by atoms with Gasteiger partial charge in [0.1, 0.15) is 0 Å². The molecule has 0 amide bonds. The normalized spacial score (nSPS) is 16.0. The number of methoxy groups -OCH3 is 1. The Labute approximate surface area is 241 Å². The zero-order valence-corrected chi connectivity index (χ0v) is 29.9. The van der Waals surface area contributed by atoms with Gasteiger partial charge in [0.25, 0.3) is 0 Å². The number of hydrogen-bond acceptors (Lipinski definition) is 5. The molecule has 0 aromatic heterocycles. The number of ether oxygens (including phenoxy) is 5. The molecule has 1 aliphatic heterocycles. The summed E-state index contributed by atoms with van der Waals surface area (Å²) in [5, 5.41) is 0. The van der Waals surface area contributed by atoms with Gasteiger partial charge in [0.15, 0.2) is 0 Å². The van der Waals surface area contributed by atoms with Gasteiger partial charge in [-0.2, -0.15) is 0 Å². The molecule has 0 N–H and O–H groups in total. The van der Waals surface area contributed by atoms with E-state index in [2.05, 4.69) is 83.1 Å². The summed E-state index contributed by atoms with van der Waals surface area (Å²) in [6, 6.07) is 0. The van der Waals surface area contributed by atoms with Crippen LogP contribution in [0.3, 0.4) is 0 Å². The van der Waals surface area contributed by atoms with Crippen LogP contribution in [0.5, 0.6) is 0 Å². The molecule has 1 aliphatic rings. The Morgan fingerprint density at radius 2 is 0.947 bits per heavy atom. The van der Waals surface area contributed by atoms with Crippen molar-refractivity contribution in [3.63, 3.8) is 0 Å². The van der Waals surface area contributed by atoms with Crippen LogP contribution in [0.2, 0.25) is 0 Å². The lowest BCUT2D eigenvalue weighted by Gasteiger charge is -2.25. The first kappa shape index (κ1) is 44.8. The highest BCUT2D eigenvalue weighted by Gasteiger charge is 2.15. The van der Waals surface area contributed by atoms with Crippen LogP contribution < -0.4 is 0 Å². The van der Waals surface area contributed by atoms with E-state index in [9.17, 15) is 0 Å². The van der Waals surface area contributed by atoms with Crippen molar-refractivity contribution in [1.82, 2.24) is 0 Å². The van der Waals surface area contributed by atoms with Gasteiger partial charge in [-0.15, -0.1) is 0 Å². The maximum absolute atomic E-state index is 5.74. The second kappa shape index (κ2) is 22.5. The lowest BCUT2D eigenvalue weighted by molar-refractivity contribution is -0.0621. The molecule has 0 aliphatic carbocycles. The molecule has 5 nitrogen and oxygen atoms in total. The van der Waals surface area contributed by atoms with Crippen molar-refractivity contribution in [2.75, 3.05) is 20.3 Å². The minimum atomic E-state index is 0.0220. The Bertz CT molecular complexity index is 457. The van der Waals surface area contributed by atoms with E-state index in [0.29, 0.717) is 18.3 Å². The molecule has 1 atom stereocenters. The van der Waals surface area contributed by atoms with Crippen molar-refractivity contribution in [3.05, 3.63) is 0 Å². The average Bonchev–Trinajstić information content (AvgIpc) is 3.14. The van der Waals surface area contributed by atoms with Gasteiger partial charge in [-0.05, 0) is 136 Å². The number of rotatable bonds is 5. The molecule has 236 valence electrons. The Kier molecular flexibility index (Phi) is 26.5. The lowest BCUT2D eigenvalue weighted by atomic mass is 10.1. The SMILES string of the molecule is CC(C)OC(C)(C)C.CC(C)OC(C)(C)C.CC1CCOC1.CCC(CC)OC(C)(C)C.COC(C)(C)C. The van der Waals surface area contributed by atoms with Gasteiger partial charge in [-0.3, -0.25) is 0 Å². The van der Waals surface area contributed by atoms with E-state index in [1.165, 1.54) is 6.42 Å². The van der Waals surface area contributed by atoms with Crippen molar-refractivity contribution in [2.24, 2.45) is 5.92 Å². The largest absolute Gasteiger partial charge is 0.381 e. The van der Waals surface area contributed by atoms with E-state index >= 15 is 0 Å². The molecule has 0 saturated carbocycles. The minimum Gasteiger partial charge on any atom is -0.381 e. The van der Waals surface area contributed by atoms with Crippen LogP contribution >= 0.6 is 0 Å². The van der Waals surface area contributed by atoms with Crippen LogP contribution in [-0.2, 0) is 23.7 Å². The zero-order chi connectivity index (χ0) is 31.4. The van der Waals surface area contributed by atoms with Crippen LogP contribution in [0.4, 0.5) is 0 Å². The molecule has 0 bridgehead atoms. The van der Waals surface area contributed by atoms with E-state index < -0.39 is 0 Å². The fourth-order valence-corrected chi connectivity index (χ4v) is 3.02. The fraction of sp³-hybridized carbons (Fsp3) is 1.00. The van der Waals surface area contributed by atoms with Crippen LogP contribution in [0, 0.1) is 5.92 Å². The molecule has 0 spiro atoms. The van der Waals surface area contributed by atoms with E-state index in [4.69, 9.17) is 23.7 Å². The van der Waals surface area contributed by atoms with E-state index in [-0.39, 0.29) is 22.4 Å². The second-order valence-corrected chi connectivity index (χ2v) is 14.5. The van der Waals surface area contributed by atoms with Gasteiger partial charge in [-0.25, -0.2) is 0 Å². The highest BCUT2D eigenvalue weighted by atomic mass is 16.5. The smallest absolute Gasteiger partial charge is 0.0602 e. The summed E-state index contributed by atoms with van der Waals surface area (Å²) in [6.45, 7) is 41.5. The molecule has 1 fully saturated rings. The Balaban J connectivity index is -0.000000192. The van der Waals surface area contributed by atoms with Crippen LogP contribution in [-0.4, -0.2) is 61.0 Å². The molecule has 1 heterocycles. The third-order valence-corrected chi connectivity index (χ3v) is 4.38. The van der Waals surface area contributed by atoms with Gasteiger partial charge >= 0.3 is 0 Å². The summed E-state index contributed by atoms with van der Waals surface area (Å²) in [6.07, 6.45) is 4.63. The molecule has 0 aromatic rings. The first-order valence-electron chi connectivity index (χ1n) is 14.9. The molecule has 1 rings (SSSR count). The fourth-order valence-electron chi connectivity index (χ4n) is 3.02. The quantitative estimate of drug-likeness (QED) is 0.341. The van der Waals surface area contributed by atoms with Crippen molar-refractivity contribution >= 4 is 0 Å². The predicted molar refractivity (Wildman–Crippen MR) is 169 cm³/mol. The molecular weight excluding hydrogens is 476 g/mol. The summed E-state index contributed by atoms with van der Waals surface area (Å²) in [5.41, 5.74) is 0.110. The summed E-state index contributed by atoms with van der Waals surface area (Å²) in [4.78, 5) is 0. The summed E-state index contributed by atoms with van der Waals surface area (Å²) < 4.78 is 26.6. The van der Waals surface area contributed by atoms with E-state index in [1.54, 1.807) is 7.11 Å². The van der Waals surface area contributed by atoms with Crippen molar-refractivity contribution in [2.45, 2.75) is 192 Å². The third-order valence-electron chi connectivity index (χ3n) is 4.38. The van der Waals surface area contributed by atoms with Crippen molar-refractivity contribution in [1.29, 1.82) is 0 Å². The van der Waals surface area contributed by atoms with Crippen LogP contribution in [0.1, 0.15) is 151 Å². The highest BCUT2D eigenvalue weighted by Crippen LogP contribution is 2.15. The minimum absolute atomic E-state index is 0.0220. The van der Waals surface area contributed by atoms with Gasteiger partial charge in [0.2, 0.25) is 0 Å². The summed E-state index contributed by atoms with van der Waals surface area (Å²) >= 11 is 0. The molecule has 5 heteroatoms. The summed E-state index contributed by atoms with van der Waals surface area (Å²) in [7, 11) is 1.71. The summed E-state index contributed by atoms with van der Waals surface area (Å²) in [5.74, 6) is 0.824. The van der Waals surface area contributed by atoms with Crippen molar-refractivity contribution in [3.8, 4) is 0 Å². The van der Waals surface area contributed by atoms with Crippen LogP contribution in [0.25, 0.3) is 0 Å². The van der Waals surface area contributed by atoms with Gasteiger partial charge in [0.05, 0.1) is 40.7 Å². The van der Waals surface area contributed by atoms with Crippen molar-refractivity contribution < 1.29 is 23.7 Å². The van der Waals surface area contributed by atoms with Gasteiger partial charge in [0, 0.05) is 20.3 Å². The third kappa shape index (κ3) is 52.3. The Morgan fingerprint density at radius 3 is 1.00 bits per heavy atom. The Morgan fingerprint density at radius 1 is 0.632 bits per heavy atom. The standard InChI is InChI=1S/C9H20O.2C7H16O.C5H10O.C5H12O/c1-6-8(7-2)10-9(3,4)5;2*1-6(2)8-7(3,4)5;1-5-2-3-6-4-5;1-5(2,3)6-4/h8H,6-7H2,1-5H3;2*6H,1-5H3;5H,2-4H2,1H3;1-4H3. The molecule has 0 radical (unpaired) electrons. The Hall–Kier alpha value is -0.200. The maximum atomic E-state index is 5.74. The molecule has 1 unspecified atom stereocenters. The monoisotopic (exact) mass is 551 g/mol. The van der Waals surface area contributed by atoms with E-state index in [1.807, 2.05) is 48.5 Å². The average molecular weight is 551 g/mol. The molecule has 1 saturated heterocycles. The van der Waals surface area contributed by atoms with Gasteiger partial charge in [-0.1, -0.05) is 20.8 Å². The van der Waals surface area contributed by atoms with E-state index in [0.717, 1.165) is 32.0 Å². The second-order valence-electron chi connectivity index (χ2n) is 14.5. The highest BCUT2D eigenvalue weighted by molar-refractivity contribution is 4.64. The first-order valence-corrected chi connectivity index (χ1v) is 14.9. The topological polar surface area (TPSA) is 46.2 Å². The predicted octanol–water partition coefficient (Wildman–Crippen LogP) is 9.88. The molecule has 0 aromatic carbocycles. The lowest BCUT2D eigenvalue weighted by Crippen LogP contribution is -2.26. The number of hydrogen-bond donors (Lipinski definition) is 0. The first-order chi connectivity index (χ1) is 16.8.